The Bertz CT molecular complexity index is 85.4. The van der Waals surface area contributed by atoms with Crippen molar-refractivity contribution in [1.82, 2.24) is 0 Å². The molecule has 0 rings (SSSR count). The van der Waals surface area contributed by atoms with E-state index in [2.05, 4.69) is 6.07 Å². The Hall–Kier alpha value is -0.550. The standard InChI is InChI=1S/C7H13NO/c8-6-4-2-1-3-5-7-9/h9H,1-5,7H2. The van der Waals surface area contributed by atoms with Gasteiger partial charge in [0, 0.05) is 13.0 Å². The van der Waals surface area contributed by atoms with E-state index in [1.54, 1.807) is 0 Å². The molecule has 0 aromatic rings. The van der Waals surface area contributed by atoms with Crippen LogP contribution in [0.5, 0.6) is 0 Å². The molecular formula is C7H13NO. The van der Waals surface area contributed by atoms with Crippen molar-refractivity contribution in [3.05, 3.63) is 0 Å². The summed E-state index contributed by atoms with van der Waals surface area (Å²) >= 11 is 0. The summed E-state index contributed by atoms with van der Waals surface area (Å²) in [5.74, 6) is 0. The van der Waals surface area contributed by atoms with Crippen molar-refractivity contribution < 1.29 is 5.11 Å². The predicted octanol–water partition coefficient (Wildman–Crippen LogP) is 1.45. The minimum absolute atomic E-state index is 0.284. The number of unbranched alkanes of at least 4 members (excludes halogenated alkanes) is 4. The van der Waals surface area contributed by atoms with Crippen LogP contribution in [0.25, 0.3) is 0 Å². The van der Waals surface area contributed by atoms with Gasteiger partial charge in [-0.05, 0) is 12.8 Å². The number of rotatable bonds is 5. The van der Waals surface area contributed by atoms with Crippen molar-refractivity contribution in [2.75, 3.05) is 6.61 Å². The van der Waals surface area contributed by atoms with E-state index in [0.717, 1.165) is 25.7 Å². The van der Waals surface area contributed by atoms with Crippen LogP contribution in [0.1, 0.15) is 32.1 Å². The van der Waals surface area contributed by atoms with E-state index < -0.39 is 0 Å². The number of hydrogen-bond donors (Lipinski definition) is 1. The fourth-order valence-electron chi connectivity index (χ4n) is 0.669. The lowest BCUT2D eigenvalue weighted by Crippen LogP contribution is -1.82. The molecule has 0 aromatic heterocycles. The molecule has 0 amide bonds. The summed E-state index contributed by atoms with van der Waals surface area (Å²) in [5.41, 5.74) is 0. The van der Waals surface area contributed by atoms with Gasteiger partial charge in [0.15, 0.2) is 0 Å². The van der Waals surface area contributed by atoms with E-state index in [1.807, 2.05) is 0 Å². The van der Waals surface area contributed by atoms with E-state index in [1.165, 1.54) is 0 Å². The first-order chi connectivity index (χ1) is 4.41. The third kappa shape index (κ3) is 7.45. The highest BCUT2D eigenvalue weighted by Gasteiger charge is 1.86. The summed E-state index contributed by atoms with van der Waals surface area (Å²) in [5, 5.41) is 16.5. The van der Waals surface area contributed by atoms with Gasteiger partial charge in [-0.1, -0.05) is 12.8 Å². The van der Waals surface area contributed by atoms with Crippen LogP contribution in [-0.2, 0) is 0 Å². The van der Waals surface area contributed by atoms with Crippen molar-refractivity contribution >= 4 is 0 Å². The van der Waals surface area contributed by atoms with Gasteiger partial charge < -0.3 is 5.11 Å². The zero-order chi connectivity index (χ0) is 6.95. The molecule has 0 bridgehead atoms. The molecule has 0 saturated heterocycles. The molecule has 0 fully saturated rings. The molecular weight excluding hydrogens is 114 g/mol. The van der Waals surface area contributed by atoms with Crippen LogP contribution in [0.15, 0.2) is 0 Å². The maximum atomic E-state index is 8.36. The normalized spacial score (nSPS) is 8.89. The molecule has 0 saturated carbocycles. The van der Waals surface area contributed by atoms with Gasteiger partial charge in [-0.3, -0.25) is 0 Å². The molecule has 0 unspecified atom stereocenters. The molecule has 9 heavy (non-hydrogen) atoms. The smallest absolute Gasteiger partial charge is 0.0621 e. The molecule has 0 aliphatic heterocycles. The fraction of sp³-hybridized carbons (Fsp3) is 0.857. The Morgan fingerprint density at radius 3 is 2.33 bits per heavy atom. The molecule has 0 heterocycles. The highest BCUT2D eigenvalue weighted by Crippen LogP contribution is 2.00. The van der Waals surface area contributed by atoms with Gasteiger partial charge in [0.05, 0.1) is 6.07 Å². The van der Waals surface area contributed by atoms with Crippen molar-refractivity contribution in [3.63, 3.8) is 0 Å². The van der Waals surface area contributed by atoms with Gasteiger partial charge in [0.2, 0.25) is 0 Å². The summed E-state index contributed by atoms with van der Waals surface area (Å²) in [6.07, 6.45) is 4.65. The minimum Gasteiger partial charge on any atom is -0.396 e. The SMILES string of the molecule is N#CCCCCCCO. The number of nitriles is 1. The van der Waals surface area contributed by atoms with Gasteiger partial charge in [-0.15, -0.1) is 0 Å². The lowest BCUT2D eigenvalue weighted by atomic mass is 10.2. The van der Waals surface area contributed by atoms with Crippen molar-refractivity contribution in [2.24, 2.45) is 0 Å². The molecule has 2 nitrogen and oxygen atoms in total. The first kappa shape index (κ1) is 8.45. The first-order valence-electron chi connectivity index (χ1n) is 3.39. The molecule has 1 N–H and O–H groups in total. The van der Waals surface area contributed by atoms with Gasteiger partial charge in [0.1, 0.15) is 0 Å². The van der Waals surface area contributed by atoms with E-state index >= 15 is 0 Å². The number of nitrogens with zero attached hydrogens (tertiary/aromatic N) is 1. The second-order valence-electron chi connectivity index (χ2n) is 2.05. The van der Waals surface area contributed by atoms with Crippen LogP contribution >= 0.6 is 0 Å². The zero-order valence-electron chi connectivity index (χ0n) is 5.64. The van der Waals surface area contributed by atoms with Gasteiger partial charge in [-0.25, -0.2) is 0 Å². The second-order valence-corrected chi connectivity index (χ2v) is 2.05. The summed E-state index contributed by atoms with van der Waals surface area (Å²) in [7, 11) is 0. The Morgan fingerprint density at radius 1 is 1.11 bits per heavy atom. The Balaban J connectivity index is 2.69. The molecule has 0 spiro atoms. The first-order valence-corrected chi connectivity index (χ1v) is 3.39. The van der Waals surface area contributed by atoms with Crippen LogP contribution < -0.4 is 0 Å². The lowest BCUT2D eigenvalue weighted by molar-refractivity contribution is 0.282. The van der Waals surface area contributed by atoms with Crippen molar-refractivity contribution in [3.8, 4) is 6.07 Å². The predicted molar refractivity (Wildman–Crippen MR) is 35.8 cm³/mol. The van der Waals surface area contributed by atoms with Crippen LogP contribution in [0.4, 0.5) is 0 Å². The Morgan fingerprint density at radius 2 is 1.78 bits per heavy atom. The Labute approximate surface area is 56.1 Å². The quantitative estimate of drug-likeness (QED) is 0.568. The third-order valence-corrected chi connectivity index (χ3v) is 1.20. The van der Waals surface area contributed by atoms with E-state index in [-0.39, 0.29) is 6.61 Å². The average Bonchev–Trinajstić information content (AvgIpc) is 1.89. The second kappa shape index (κ2) is 7.45. The van der Waals surface area contributed by atoms with E-state index in [0.29, 0.717) is 6.42 Å². The van der Waals surface area contributed by atoms with Crippen LogP contribution in [0.2, 0.25) is 0 Å². The molecule has 52 valence electrons. The van der Waals surface area contributed by atoms with Gasteiger partial charge in [0.25, 0.3) is 0 Å². The van der Waals surface area contributed by atoms with Gasteiger partial charge in [-0.2, -0.15) is 5.26 Å². The maximum Gasteiger partial charge on any atom is 0.0621 e. The largest absolute Gasteiger partial charge is 0.396 e. The lowest BCUT2D eigenvalue weighted by Gasteiger charge is -1.92. The third-order valence-electron chi connectivity index (χ3n) is 1.20. The molecule has 0 aliphatic carbocycles. The highest BCUT2D eigenvalue weighted by atomic mass is 16.2. The zero-order valence-corrected chi connectivity index (χ0v) is 5.64. The average molecular weight is 127 g/mol. The molecule has 0 aromatic carbocycles. The molecule has 2 heteroatoms. The summed E-state index contributed by atoms with van der Waals surface area (Å²) in [6.45, 7) is 0.284. The molecule has 0 aliphatic rings. The highest BCUT2D eigenvalue weighted by molar-refractivity contribution is 4.67. The topological polar surface area (TPSA) is 44.0 Å². The van der Waals surface area contributed by atoms with E-state index in [9.17, 15) is 0 Å². The minimum atomic E-state index is 0.284. The van der Waals surface area contributed by atoms with Gasteiger partial charge >= 0.3 is 0 Å². The molecule has 0 radical (unpaired) electrons. The maximum absolute atomic E-state index is 8.36. The van der Waals surface area contributed by atoms with Crippen molar-refractivity contribution in [1.29, 1.82) is 5.26 Å². The number of aliphatic hydroxyl groups is 1. The summed E-state index contributed by atoms with van der Waals surface area (Å²) < 4.78 is 0. The summed E-state index contributed by atoms with van der Waals surface area (Å²) in [4.78, 5) is 0. The Kier molecular flexibility index (Phi) is 6.99. The van der Waals surface area contributed by atoms with Crippen LogP contribution in [0.3, 0.4) is 0 Å². The van der Waals surface area contributed by atoms with Crippen LogP contribution in [0, 0.1) is 11.3 Å². The van der Waals surface area contributed by atoms with Crippen LogP contribution in [-0.4, -0.2) is 11.7 Å². The number of hydrogen-bond acceptors (Lipinski definition) is 2. The molecule has 0 atom stereocenters. The monoisotopic (exact) mass is 127 g/mol. The number of aliphatic hydroxyl groups excluding tert-OH is 1. The van der Waals surface area contributed by atoms with Crippen molar-refractivity contribution in [2.45, 2.75) is 32.1 Å². The van der Waals surface area contributed by atoms with E-state index in [4.69, 9.17) is 10.4 Å². The summed E-state index contributed by atoms with van der Waals surface area (Å²) in [6, 6.07) is 2.08. The fourth-order valence-corrected chi connectivity index (χ4v) is 0.669.